The van der Waals surface area contributed by atoms with Crippen LogP contribution in [0.25, 0.3) is 11.0 Å². The van der Waals surface area contributed by atoms with Crippen molar-refractivity contribution in [2.75, 3.05) is 20.3 Å². The van der Waals surface area contributed by atoms with E-state index in [2.05, 4.69) is 6.92 Å². The number of fused-ring (bicyclic) bond motifs is 2. The molecule has 0 bridgehead atoms. The maximum atomic E-state index is 13.6. The van der Waals surface area contributed by atoms with Crippen LogP contribution >= 0.6 is 11.6 Å². The number of unbranched alkanes of at least 4 members (excludes halogenated alkanes) is 1. The summed E-state index contributed by atoms with van der Waals surface area (Å²) in [5, 5.41) is 0.851. The third-order valence-corrected chi connectivity index (χ3v) is 6.21. The Hall–Kier alpha value is -2.99. The van der Waals surface area contributed by atoms with Crippen molar-refractivity contribution < 1.29 is 18.7 Å². The van der Waals surface area contributed by atoms with Crippen LogP contribution in [-0.4, -0.2) is 31.1 Å². The first-order chi connectivity index (χ1) is 15.4. The number of amides is 1. The average Bonchev–Trinajstić information content (AvgIpc) is 3.06. The van der Waals surface area contributed by atoms with Gasteiger partial charge in [0, 0.05) is 11.6 Å². The van der Waals surface area contributed by atoms with Gasteiger partial charge in [0.05, 0.1) is 30.7 Å². The number of nitrogens with zero attached hydrogens (tertiary/aromatic N) is 1. The van der Waals surface area contributed by atoms with Crippen molar-refractivity contribution in [1.82, 2.24) is 4.90 Å². The lowest BCUT2D eigenvalue weighted by Crippen LogP contribution is -2.30. The van der Waals surface area contributed by atoms with Crippen molar-refractivity contribution in [3.05, 3.63) is 68.0 Å². The second-order valence-electron chi connectivity index (χ2n) is 7.87. The Bertz CT molecular complexity index is 1250. The van der Waals surface area contributed by atoms with E-state index in [4.69, 9.17) is 25.5 Å². The van der Waals surface area contributed by atoms with Gasteiger partial charge in [-0.2, -0.15) is 0 Å². The molecule has 2 aromatic carbocycles. The van der Waals surface area contributed by atoms with Crippen LogP contribution < -0.4 is 14.9 Å². The van der Waals surface area contributed by atoms with E-state index in [-0.39, 0.29) is 17.1 Å². The van der Waals surface area contributed by atoms with Crippen molar-refractivity contribution in [2.45, 2.75) is 39.7 Å². The van der Waals surface area contributed by atoms with Gasteiger partial charge in [0.2, 0.25) is 5.76 Å². The molecule has 2 heterocycles. The topological polar surface area (TPSA) is 69.0 Å². The summed E-state index contributed by atoms with van der Waals surface area (Å²) in [5.74, 6) is 0.969. The van der Waals surface area contributed by atoms with Crippen molar-refractivity contribution >= 4 is 28.5 Å². The highest BCUT2D eigenvalue weighted by Gasteiger charge is 2.42. The molecule has 0 saturated heterocycles. The van der Waals surface area contributed by atoms with E-state index >= 15 is 0 Å². The maximum Gasteiger partial charge on any atom is 0.290 e. The predicted molar refractivity (Wildman–Crippen MR) is 124 cm³/mol. The van der Waals surface area contributed by atoms with Crippen molar-refractivity contribution in [3.8, 4) is 11.5 Å². The van der Waals surface area contributed by atoms with Crippen LogP contribution in [0.1, 0.15) is 60.0 Å². The Balaban J connectivity index is 1.95. The van der Waals surface area contributed by atoms with Gasteiger partial charge < -0.3 is 18.8 Å². The van der Waals surface area contributed by atoms with Gasteiger partial charge in [-0.3, -0.25) is 9.59 Å². The highest BCUT2D eigenvalue weighted by atomic mass is 35.5. The van der Waals surface area contributed by atoms with E-state index in [9.17, 15) is 9.59 Å². The molecule has 1 atom stereocenters. The van der Waals surface area contributed by atoms with Crippen LogP contribution in [0.15, 0.2) is 39.5 Å². The molecule has 168 valence electrons. The SMILES string of the molecule is CCCCN1C(=O)c2oc3cc(C)c(Cl)cc3c(=O)c2C1c1ccc(OCC)c(OC)c1. The number of rotatable bonds is 7. The largest absolute Gasteiger partial charge is 0.493 e. The number of hydrogen-bond donors (Lipinski definition) is 0. The van der Waals surface area contributed by atoms with Gasteiger partial charge in [-0.05, 0) is 55.7 Å². The average molecular weight is 456 g/mol. The molecule has 0 fully saturated rings. The molecule has 0 radical (unpaired) electrons. The minimum atomic E-state index is -0.575. The normalized spacial score (nSPS) is 15.3. The fraction of sp³-hybridized carbons (Fsp3) is 0.360. The number of halogens is 1. The first kappa shape index (κ1) is 22.2. The van der Waals surface area contributed by atoms with Gasteiger partial charge in [-0.1, -0.05) is 31.0 Å². The molecule has 32 heavy (non-hydrogen) atoms. The summed E-state index contributed by atoms with van der Waals surface area (Å²) < 4.78 is 17.2. The zero-order valence-corrected chi connectivity index (χ0v) is 19.4. The molecule has 1 unspecified atom stereocenters. The Morgan fingerprint density at radius 3 is 2.59 bits per heavy atom. The zero-order valence-electron chi connectivity index (χ0n) is 18.7. The van der Waals surface area contributed by atoms with Crippen LogP contribution in [0.4, 0.5) is 0 Å². The lowest BCUT2D eigenvalue weighted by atomic mass is 9.97. The molecule has 4 rings (SSSR count). The summed E-state index contributed by atoms with van der Waals surface area (Å²) in [4.78, 5) is 28.7. The van der Waals surface area contributed by atoms with E-state index in [0.717, 1.165) is 24.0 Å². The quantitative estimate of drug-likeness (QED) is 0.470. The number of carbonyl (C=O) groups is 1. The molecule has 0 N–H and O–H groups in total. The molecule has 0 aliphatic carbocycles. The highest BCUT2D eigenvalue weighted by Crippen LogP contribution is 2.41. The van der Waals surface area contributed by atoms with Crippen LogP contribution in [0.5, 0.6) is 11.5 Å². The minimum absolute atomic E-state index is 0.0955. The first-order valence-electron chi connectivity index (χ1n) is 10.8. The summed E-state index contributed by atoms with van der Waals surface area (Å²) in [5.41, 5.74) is 2.00. The molecular weight excluding hydrogens is 430 g/mol. The molecule has 0 saturated carbocycles. The summed E-state index contributed by atoms with van der Waals surface area (Å²) in [6.45, 7) is 6.80. The Labute approximate surface area is 191 Å². The molecule has 1 aromatic heterocycles. The zero-order chi connectivity index (χ0) is 23.0. The van der Waals surface area contributed by atoms with E-state index in [1.54, 1.807) is 30.2 Å². The fourth-order valence-electron chi connectivity index (χ4n) is 4.18. The molecule has 7 heteroatoms. The van der Waals surface area contributed by atoms with E-state index in [1.807, 2.05) is 26.0 Å². The summed E-state index contributed by atoms with van der Waals surface area (Å²) in [7, 11) is 1.57. The highest BCUT2D eigenvalue weighted by molar-refractivity contribution is 6.32. The van der Waals surface area contributed by atoms with Gasteiger partial charge >= 0.3 is 0 Å². The van der Waals surface area contributed by atoms with Crippen LogP contribution in [0, 0.1) is 6.92 Å². The van der Waals surface area contributed by atoms with E-state index < -0.39 is 6.04 Å². The summed E-state index contributed by atoms with van der Waals surface area (Å²) in [6, 6.07) is 8.24. The molecule has 6 nitrogen and oxygen atoms in total. The second-order valence-corrected chi connectivity index (χ2v) is 8.28. The first-order valence-corrected chi connectivity index (χ1v) is 11.2. The van der Waals surface area contributed by atoms with Crippen LogP contribution in [0.3, 0.4) is 0 Å². The number of hydrogen-bond acceptors (Lipinski definition) is 5. The lowest BCUT2D eigenvalue weighted by Gasteiger charge is -2.25. The van der Waals surface area contributed by atoms with E-state index in [1.165, 1.54) is 0 Å². The molecule has 3 aromatic rings. The molecule has 0 spiro atoms. The number of methoxy groups -OCH3 is 1. The Morgan fingerprint density at radius 2 is 1.91 bits per heavy atom. The van der Waals surface area contributed by atoms with Gasteiger partial charge in [0.1, 0.15) is 5.58 Å². The maximum absolute atomic E-state index is 13.6. The minimum Gasteiger partial charge on any atom is -0.493 e. The third-order valence-electron chi connectivity index (χ3n) is 5.80. The van der Waals surface area contributed by atoms with Gasteiger partial charge in [0.15, 0.2) is 16.9 Å². The number of aryl methyl sites for hydroxylation is 1. The third kappa shape index (κ3) is 3.62. The summed E-state index contributed by atoms with van der Waals surface area (Å²) in [6.07, 6.45) is 1.72. The van der Waals surface area contributed by atoms with Gasteiger partial charge in [0.25, 0.3) is 5.91 Å². The fourth-order valence-corrected chi connectivity index (χ4v) is 4.34. The van der Waals surface area contributed by atoms with Crippen molar-refractivity contribution in [3.63, 3.8) is 0 Å². The van der Waals surface area contributed by atoms with Crippen molar-refractivity contribution in [2.24, 2.45) is 0 Å². The Kier molecular flexibility index (Phi) is 6.15. The van der Waals surface area contributed by atoms with E-state index in [0.29, 0.717) is 46.2 Å². The monoisotopic (exact) mass is 455 g/mol. The molecule has 1 amide bonds. The van der Waals surface area contributed by atoms with Crippen LogP contribution in [0.2, 0.25) is 5.02 Å². The number of benzene rings is 2. The molecule has 1 aliphatic heterocycles. The standard InChI is InChI=1S/C25H26ClNO5/c1-5-7-10-27-22(15-8-9-18(31-6-2)20(12-15)30-4)21-23(28)16-13-17(26)14(3)11-19(16)32-24(21)25(27)29/h8-9,11-13,22H,5-7,10H2,1-4H3. The van der Waals surface area contributed by atoms with Crippen molar-refractivity contribution in [1.29, 1.82) is 0 Å². The predicted octanol–water partition coefficient (Wildman–Crippen LogP) is 5.51. The van der Waals surface area contributed by atoms with Gasteiger partial charge in [-0.15, -0.1) is 0 Å². The van der Waals surface area contributed by atoms with Gasteiger partial charge in [-0.25, -0.2) is 0 Å². The summed E-state index contributed by atoms with van der Waals surface area (Å²) >= 11 is 6.29. The number of carbonyl (C=O) groups excluding carboxylic acids is 1. The Morgan fingerprint density at radius 1 is 1.12 bits per heavy atom. The smallest absolute Gasteiger partial charge is 0.290 e. The molecular formula is C25H26ClNO5. The second kappa shape index (κ2) is 8.87. The lowest BCUT2D eigenvalue weighted by molar-refractivity contribution is 0.0725. The molecule has 1 aliphatic rings. The number of ether oxygens (including phenoxy) is 2. The van der Waals surface area contributed by atoms with Crippen LogP contribution in [-0.2, 0) is 0 Å².